The second kappa shape index (κ2) is 11.1. The molecular formula is C33H30ClF5N6O2. The Bertz CT molecular complexity index is 1890. The van der Waals surface area contributed by atoms with Crippen LogP contribution >= 0.6 is 11.6 Å². The number of hydrogen-bond donors (Lipinski definition) is 0. The van der Waals surface area contributed by atoms with Gasteiger partial charge in [0.25, 0.3) is 0 Å². The highest BCUT2D eigenvalue weighted by Gasteiger charge is 2.52. The Hall–Kier alpha value is -3.84. The molecule has 0 radical (unpaired) electrons. The monoisotopic (exact) mass is 672 g/mol. The van der Waals surface area contributed by atoms with Gasteiger partial charge in [0.1, 0.15) is 29.8 Å². The quantitative estimate of drug-likeness (QED) is 0.229. The van der Waals surface area contributed by atoms with Crippen LogP contribution in [0.1, 0.15) is 32.1 Å². The SMILES string of the molecule is O=C(N1C2CCC1CN(c1nc(OC[C@@]34CCCN3C[C@H](F)C4)nc3c(F)c(-c4cccc5cccc(Cl)c45)ncc13)C2)C(F)(F)F. The molecular weight excluding hydrogens is 643 g/mol. The highest BCUT2D eigenvalue weighted by Crippen LogP contribution is 2.42. The summed E-state index contributed by atoms with van der Waals surface area (Å²) in [6.45, 7) is 1.32. The van der Waals surface area contributed by atoms with Gasteiger partial charge in [0.2, 0.25) is 0 Å². The van der Waals surface area contributed by atoms with Crippen molar-refractivity contribution >= 4 is 45.0 Å². The third-order valence-corrected chi connectivity index (χ3v) is 10.6. The zero-order chi connectivity index (χ0) is 32.7. The van der Waals surface area contributed by atoms with E-state index < -0.39 is 41.7 Å². The van der Waals surface area contributed by atoms with Crippen molar-refractivity contribution in [3.63, 3.8) is 0 Å². The number of pyridine rings is 1. The summed E-state index contributed by atoms with van der Waals surface area (Å²) in [5.74, 6) is -2.33. The lowest BCUT2D eigenvalue weighted by molar-refractivity contribution is -0.188. The van der Waals surface area contributed by atoms with E-state index in [9.17, 15) is 22.4 Å². The molecule has 4 aromatic rings. The fraction of sp³-hybridized carbons (Fsp3) is 0.455. The van der Waals surface area contributed by atoms with Crippen LogP contribution in [-0.2, 0) is 4.79 Å². The Morgan fingerprint density at radius 2 is 1.81 bits per heavy atom. The van der Waals surface area contributed by atoms with Gasteiger partial charge < -0.3 is 14.5 Å². The largest absolute Gasteiger partial charge is 0.471 e. The van der Waals surface area contributed by atoms with Crippen molar-refractivity contribution in [3.8, 4) is 17.3 Å². The number of carbonyl (C=O) groups is 1. The maximum atomic E-state index is 16.7. The third-order valence-electron chi connectivity index (χ3n) is 10.2. The molecule has 8 rings (SSSR count). The van der Waals surface area contributed by atoms with E-state index in [1.807, 2.05) is 12.1 Å². The van der Waals surface area contributed by atoms with Crippen molar-refractivity contribution in [2.75, 3.05) is 37.7 Å². The Morgan fingerprint density at radius 3 is 2.55 bits per heavy atom. The Balaban J connectivity index is 1.22. The first kappa shape index (κ1) is 30.5. The molecule has 6 heterocycles. The van der Waals surface area contributed by atoms with Gasteiger partial charge in [-0.25, -0.2) is 8.78 Å². The summed E-state index contributed by atoms with van der Waals surface area (Å²) in [5, 5.41) is 2.10. The Morgan fingerprint density at radius 1 is 1.06 bits per heavy atom. The smallest absolute Gasteiger partial charge is 0.461 e. The predicted molar refractivity (Wildman–Crippen MR) is 166 cm³/mol. The summed E-state index contributed by atoms with van der Waals surface area (Å²) >= 11 is 6.56. The minimum atomic E-state index is -4.98. The number of nitrogens with zero attached hydrogens (tertiary/aromatic N) is 6. The van der Waals surface area contributed by atoms with Crippen LogP contribution in [0.25, 0.3) is 32.9 Å². The molecule has 246 valence electrons. The minimum Gasteiger partial charge on any atom is -0.461 e. The lowest BCUT2D eigenvalue weighted by Gasteiger charge is -2.42. The summed E-state index contributed by atoms with van der Waals surface area (Å²) < 4.78 is 77.7. The fourth-order valence-electron chi connectivity index (χ4n) is 8.21. The first-order valence-corrected chi connectivity index (χ1v) is 16.1. The van der Waals surface area contributed by atoms with Crippen LogP contribution in [0.15, 0.2) is 42.6 Å². The summed E-state index contributed by atoms with van der Waals surface area (Å²) in [7, 11) is 0. The van der Waals surface area contributed by atoms with Crippen LogP contribution in [0.4, 0.5) is 27.8 Å². The van der Waals surface area contributed by atoms with Gasteiger partial charge in [-0.15, -0.1) is 0 Å². The van der Waals surface area contributed by atoms with E-state index in [0.717, 1.165) is 29.7 Å². The van der Waals surface area contributed by atoms with Gasteiger partial charge in [-0.1, -0.05) is 41.9 Å². The lowest BCUT2D eigenvalue weighted by Crippen LogP contribution is -2.59. The summed E-state index contributed by atoms with van der Waals surface area (Å²) in [6, 6.07) is 9.24. The molecule has 4 fully saturated rings. The third kappa shape index (κ3) is 5.04. The van der Waals surface area contributed by atoms with E-state index in [-0.39, 0.29) is 48.1 Å². The normalized spacial score (nSPS) is 26.0. The number of halogens is 6. The number of piperazine rings is 1. The summed E-state index contributed by atoms with van der Waals surface area (Å²) in [6.07, 6.45) is -1.73. The van der Waals surface area contributed by atoms with Crippen molar-refractivity contribution in [1.82, 2.24) is 24.8 Å². The molecule has 1 amide bonds. The Labute approximate surface area is 271 Å². The number of ether oxygens (including phenoxy) is 1. The van der Waals surface area contributed by atoms with Crippen molar-refractivity contribution in [2.24, 2.45) is 0 Å². The molecule has 4 saturated heterocycles. The number of alkyl halides is 4. The van der Waals surface area contributed by atoms with E-state index >= 15 is 4.39 Å². The van der Waals surface area contributed by atoms with Gasteiger partial charge in [0.05, 0.1) is 23.0 Å². The van der Waals surface area contributed by atoms with Gasteiger partial charge in [-0.3, -0.25) is 14.7 Å². The number of hydrogen-bond acceptors (Lipinski definition) is 7. The molecule has 2 unspecified atom stereocenters. The average molecular weight is 673 g/mol. The lowest BCUT2D eigenvalue weighted by atomic mass is 9.95. The summed E-state index contributed by atoms with van der Waals surface area (Å²) in [5.41, 5.74) is -0.102. The maximum absolute atomic E-state index is 16.7. The molecule has 8 nitrogen and oxygen atoms in total. The fourth-order valence-corrected chi connectivity index (χ4v) is 8.49. The van der Waals surface area contributed by atoms with Crippen molar-refractivity contribution in [3.05, 3.63) is 53.4 Å². The molecule has 0 saturated carbocycles. The second-order valence-electron chi connectivity index (χ2n) is 13.0. The molecule has 0 N–H and O–H groups in total. The number of aromatic nitrogens is 3. The van der Waals surface area contributed by atoms with Gasteiger partial charge in [-0.2, -0.15) is 23.1 Å². The first-order chi connectivity index (χ1) is 22.5. The molecule has 14 heteroatoms. The molecule has 2 aromatic heterocycles. The molecule has 47 heavy (non-hydrogen) atoms. The zero-order valence-electron chi connectivity index (χ0n) is 25.1. The van der Waals surface area contributed by atoms with Crippen LogP contribution in [0.2, 0.25) is 5.02 Å². The van der Waals surface area contributed by atoms with Crippen LogP contribution < -0.4 is 9.64 Å². The number of carbonyl (C=O) groups excluding carboxylic acids is 1. The highest BCUT2D eigenvalue weighted by molar-refractivity contribution is 6.36. The van der Waals surface area contributed by atoms with Crippen LogP contribution in [0.5, 0.6) is 6.01 Å². The standard InChI is InChI=1S/C33H30ClF5N6O2/c34-24-7-2-5-18-4-1-6-22(25(18)24)27-26(36)28-23(13-40-27)29(43-15-20-8-9-21(16-43)45(20)30(46)33(37,38)39)42-31(41-28)47-17-32-10-3-11-44(32)14-19(35)12-32/h1-2,4-7,13,19-21H,3,8-12,14-17H2/t19-,20?,21?,32+/m1/s1. The molecule has 4 atom stereocenters. The van der Waals surface area contributed by atoms with Crippen LogP contribution in [-0.4, -0.2) is 93.4 Å². The molecule has 4 aliphatic heterocycles. The van der Waals surface area contributed by atoms with Gasteiger partial charge in [0, 0.05) is 48.2 Å². The minimum absolute atomic E-state index is 0.0177. The molecule has 4 aliphatic rings. The topological polar surface area (TPSA) is 74.7 Å². The van der Waals surface area contributed by atoms with E-state index in [0.29, 0.717) is 41.8 Å². The average Bonchev–Trinajstić information content (AvgIpc) is 3.65. The Kier molecular flexibility index (Phi) is 7.21. The second-order valence-corrected chi connectivity index (χ2v) is 13.4. The van der Waals surface area contributed by atoms with E-state index in [1.54, 1.807) is 29.2 Å². The van der Waals surface area contributed by atoms with Crippen molar-refractivity contribution in [2.45, 2.75) is 62.1 Å². The van der Waals surface area contributed by atoms with Crippen molar-refractivity contribution < 1.29 is 31.5 Å². The van der Waals surface area contributed by atoms with Crippen LogP contribution in [0.3, 0.4) is 0 Å². The highest BCUT2D eigenvalue weighted by atomic mass is 35.5. The molecule has 2 bridgehead atoms. The van der Waals surface area contributed by atoms with Gasteiger partial charge in [-0.05, 0) is 43.7 Å². The summed E-state index contributed by atoms with van der Waals surface area (Å²) in [4.78, 5) is 30.7. The van der Waals surface area contributed by atoms with Gasteiger partial charge in [0.15, 0.2) is 5.82 Å². The number of amides is 1. The number of rotatable bonds is 5. The number of anilines is 1. The molecule has 2 aromatic carbocycles. The van der Waals surface area contributed by atoms with E-state index in [4.69, 9.17) is 16.3 Å². The predicted octanol–water partition coefficient (Wildman–Crippen LogP) is 6.33. The number of fused-ring (bicyclic) bond motifs is 5. The van der Waals surface area contributed by atoms with E-state index in [1.165, 1.54) is 6.20 Å². The van der Waals surface area contributed by atoms with Crippen molar-refractivity contribution in [1.29, 1.82) is 0 Å². The zero-order valence-corrected chi connectivity index (χ0v) is 25.9. The number of benzene rings is 2. The molecule has 0 aliphatic carbocycles. The van der Waals surface area contributed by atoms with Crippen LogP contribution in [0, 0.1) is 5.82 Å². The van der Waals surface area contributed by atoms with E-state index in [2.05, 4.69) is 19.9 Å². The van der Waals surface area contributed by atoms with Gasteiger partial charge >= 0.3 is 18.1 Å². The molecule has 0 spiro atoms. The first-order valence-electron chi connectivity index (χ1n) is 15.7. The maximum Gasteiger partial charge on any atom is 0.471 e.